The van der Waals surface area contributed by atoms with Crippen LogP contribution in [0.25, 0.3) is 0 Å². The predicted octanol–water partition coefficient (Wildman–Crippen LogP) is 1.04. The van der Waals surface area contributed by atoms with E-state index in [2.05, 4.69) is 11.6 Å². The van der Waals surface area contributed by atoms with Crippen molar-refractivity contribution in [1.29, 1.82) is 0 Å². The maximum Gasteiger partial charge on any atom is 0.242 e. The Hall–Kier alpha value is -0.850. The van der Waals surface area contributed by atoms with Gasteiger partial charge in [0.2, 0.25) is 10.0 Å². The van der Waals surface area contributed by atoms with Crippen LogP contribution in [-0.4, -0.2) is 19.0 Å². The molecule has 1 fully saturated rings. The number of nitrogens with one attached hydrogen (secondary N) is 1. The van der Waals surface area contributed by atoms with Gasteiger partial charge >= 0.3 is 0 Å². The van der Waals surface area contributed by atoms with Gasteiger partial charge in [0.25, 0.3) is 0 Å². The third-order valence-corrected chi connectivity index (χ3v) is 5.00. The van der Waals surface area contributed by atoms with Crippen molar-refractivity contribution in [1.82, 2.24) is 9.29 Å². The van der Waals surface area contributed by atoms with Gasteiger partial charge in [-0.1, -0.05) is 6.92 Å². The number of sulfonamides is 1. The van der Waals surface area contributed by atoms with Crippen molar-refractivity contribution < 1.29 is 8.42 Å². The lowest BCUT2D eigenvalue weighted by molar-refractivity contribution is 0.270. The van der Waals surface area contributed by atoms with E-state index in [1.165, 1.54) is 0 Å². The molecule has 0 bridgehead atoms. The SMILES string of the molecule is CCn1cc(S(=O)(=O)NC2CC(C)C2)cc1CN. The lowest BCUT2D eigenvalue weighted by Gasteiger charge is -2.32. The zero-order valence-corrected chi connectivity index (χ0v) is 11.7. The van der Waals surface area contributed by atoms with Crippen molar-refractivity contribution in [3.05, 3.63) is 18.0 Å². The summed E-state index contributed by atoms with van der Waals surface area (Å²) in [5.74, 6) is 0.623. The standard InChI is InChI=1S/C12H21N3O2S/c1-3-15-8-12(6-11(15)7-13)18(16,17)14-10-4-9(2)5-10/h6,8-10,14H,3-5,7,13H2,1-2H3. The van der Waals surface area contributed by atoms with Crippen molar-refractivity contribution in [2.24, 2.45) is 11.7 Å². The van der Waals surface area contributed by atoms with E-state index in [1.807, 2.05) is 11.5 Å². The van der Waals surface area contributed by atoms with E-state index in [-0.39, 0.29) is 6.04 Å². The van der Waals surface area contributed by atoms with Crippen LogP contribution in [-0.2, 0) is 23.1 Å². The fraction of sp³-hybridized carbons (Fsp3) is 0.667. The first kappa shape index (κ1) is 13.6. The Bertz CT molecular complexity index is 494. The molecular weight excluding hydrogens is 250 g/mol. The van der Waals surface area contributed by atoms with Crippen LogP contribution in [0.1, 0.15) is 32.4 Å². The zero-order chi connectivity index (χ0) is 13.3. The second kappa shape index (κ2) is 5.03. The summed E-state index contributed by atoms with van der Waals surface area (Å²) in [5, 5.41) is 0. The summed E-state index contributed by atoms with van der Waals surface area (Å²) in [6.07, 6.45) is 3.52. The Kier molecular flexibility index (Phi) is 3.79. The molecule has 0 spiro atoms. The third kappa shape index (κ3) is 2.60. The molecule has 0 saturated heterocycles. The molecular formula is C12H21N3O2S. The van der Waals surface area contributed by atoms with Gasteiger partial charge in [-0.15, -0.1) is 0 Å². The molecule has 1 heterocycles. The summed E-state index contributed by atoms with van der Waals surface area (Å²) in [5.41, 5.74) is 6.45. The monoisotopic (exact) mass is 271 g/mol. The van der Waals surface area contributed by atoms with E-state index in [4.69, 9.17) is 5.73 Å². The van der Waals surface area contributed by atoms with Crippen LogP contribution in [0.2, 0.25) is 0 Å². The normalized spacial score (nSPS) is 23.9. The molecule has 1 saturated carbocycles. The van der Waals surface area contributed by atoms with Gasteiger partial charge in [0.15, 0.2) is 0 Å². The molecule has 1 aromatic heterocycles. The first-order valence-electron chi connectivity index (χ1n) is 6.37. The molecule has 0 atom stereocenters. The highest BCUT2D eigenvalue weighted by molar-refractivity contribution is 7.89. The predicted molar refractivity (Wildman–Crippen MR) is 70.5 cm³/mol. The molecule has 0 unspecified atom stereocenters. The minimum Gasteiger partial charge on any atom is -0.349 e. The summed E-state index contributed by atoms with van der Waals surface area (Å²) in [4.78, 5) is 0.323. The van der Waals surface area contributed by atoms with Gasteiger partial charge in [-0.25, -0.2) is 13.1 Å². The average Bonchev–Trinajstić information content (AvgIpc) is 2.70. The highest BCUT2D eigenvalue weighted by Crippen LogP contribution is 2.28. The molecule has 6 heteroatoms. The third-order valence-electron chi connectivity index (χ3n) is 3.52. The molecule has 102 valence electrons. The number of rotatable bonds is 5. The molecule has 0 aliphatic heterocycles. The van der Waals surface area contributed by atoms with E-state index in [0.717, 1.165) is 25.1 Å². The maximum atomic E-state index is 12.2. The van der Waals surface area contributed by atoms with E-state index in [9.17, 15) is 8.42 Å². The largest absolute Gasteiger partial charge is 0.349 e. The van der Waals surface area contributed by atoms with Gasteiger partial charge in [0, 0.05) is 31.0 Å². The Morgan fingerprint density at radius 2 is 2.17 bits per heavy atom. The first-order valence-corrected chi connectivity index (χ1v) is 7.86. The smallest absolute Gasteiger partial charge is 0.242 e. The number of nitrogens with zero attached hydrogens (tertiary/aromatic N) is 1. The molecule has 5 nitrogen and oxygen atoms in total. The number of aromatic nitrogens is 1. The van der Waals surface area contributed by atoms with E-state index >= 15 is 0 Å². The molecule has 0 amide bonds. The Morgan fingerprint density at radius 1 is 1.50 bits per heavy atom. The Labute approximate surface area is 108 Å². The summed E-state index contributed by atoms with van der Waals surface area (Å²) >= 11 is 0. The first-order chi connectivity index (χ1) is 8.46. The van der Waals surface area contributed by atoms with Crippen molar-refractivity contribution in [2.75, 3.05) is 0 Å². The molecule has 2 rings (SSSR count). The van der Waals surface area contributed by atoms with Gasteiger partial charge in [0.1, 0.15) is 0 Å². The van der Waals surface area contributed by atoms with Gasteiger partial charge < -0.3 is 10.3 Å². The summed E-state index contributed by atoms with van der Waals surface area (Å²) in [6, 6.07) is 1.75. The molecule has 0 radical (unpaired) electrons. The van der Waals surface area contributed by atoms with Crippen LogP contribution >= 0.6 is 0 Å². The molecule has 0 aromatic carbocycles. The Morgan fingerprint density at radius 3 is 2.61 bits per heavy atom. The number of nitrogens with two attached hydrogens (primary N) is 1. The van der Waals surface area contributed by atoms with Crippen molar-refractivity contribution in [3.8, 4) is 0 Å². The second-order valence-corrected chi connectivity index (χ2v) is 6.77. The van der Waals surface area contributed by atoms with E-state index < -0.39 is 10.0 Å². The molecule has 1 aromatic rings. The minimum atomic E-state index is -3.39. The van der Waals surface area contributed by atoms with Crippen LogP contribution < -0.4 is 10.5 Å². The summed E-state index contributed by atoms with van der Waals surface area (Å²) in [6.45, 7) is 5.17. The summed E-state index contributed by atoms with van der Waals surface area (Å²) in [7, 11) is -3.39. The van der Waals surface area contributed by atoms with Gasteiger partial charge in [-0.05, 0) is 31.7 Å². The highest BCUT2D eigenvalue weighted by Gasteiger charge is 2.30. The topological polar surface area (TPSA) is 77.1 Å². The second-order valence-electron chi connectivity index (χ2n) is 5.05. The van der Waals surface area contributed by atoms with Crippen LogP contribution in [0.3, 0.4) is 0 Å². The quantitative estimate of drug-likeness (QED) is 0.840. The number of hydrogen-bond acceptors (Lipinski definition) is 3. The lowest BCUT2D eigenvalue weighted by atomic mass is 9.83. The average molecular weight is 271 g/mol. The molecule has 18 heavy (non-hydrogen) atoms. The van der Waals surface area contributed by atoms with E-state index in [1.54, 1.807) is 12.3 Å². The molecule has 1 aliphatic rings. The maximum absolute atomic E-state index is 12.2. The summed E-state index contributed by atoms with van der Waals surface area (Å²) < 4.78 is 29.0. The zero-order valence-electron chi connectivity index (χ0n) is 10.9. The molecule has 1 aliphatic carbocycles. The van der Waals surface area contributed by atoms with Gasteiger partial charge in [0.05, 0.1) is 4.90 Å². The molecule has 3 N–H and O–H groups in total. The highest BCUT2D eigenvalue weighted by atomic mass is 32.2. The van der Waals surface area contributed by atoms with Crippen molar-refractivity contribution in [3.63, 3.8) is 0 Å². The lowest BCUT2D eigenvalue weighted by Crippen LogP contribution is -2.43. The van der Waals surface area contributed by atoms with Crippen LogP contribution in [0.4, 0.5) is 0 Å². The number of hydrogen-bond donors (Lipinski definition) is 2. The minimum absolute atomic E-state index is 0.0938. The van der Waals surface area contributed by atoms with E-state index in [0.29, 0.717) is 17.4 Å². The van der Waals surface area contributed by atoms with Crippen LogP contribution in [0, 0.1) is 5.92 Å². The van der Waals surface area contributed by atoms with Crippen LogP contribution in [0.5, 0.6) is 0 Å². The van der Waals surface area contributed by atoms with Gasteiger partial charge in [-0.3, -0.25) is 0 Å². The Balaban J connectivity index is 2.16. The van der Waals surface area contributed by atoms with Crippen molar-refractivity contribution in [2.45, 2.75) is 50.7 Å². The fourth-order valence-electron chi connectivity index (χ4n) is 2.42. The fourth-order valence-corrected chi connectivity index (χ4v) is 3.75. The number of aryl methyl sites for hydroxylation is 1. The van der Waals surface area contributed by atoms with Crippen molar-refractivity contribution >= 4 is 10.0 Å². The van der Waals surface area contributed by atoms with Crippen LogP contribution in [0.15, 0.2) is 17.2 Å². The van der Waals surface area contributed by atoms with Gasteiger partial charge in [-0.2, -0.15) is 0 Å².